The van der Waals surface area contributed by atoms with Crippen LogP contribution in [0.3, 0.4) is 0 Å². The molecule has 3 nitrogen and oxygen atoms in total. The Morgan fingerprint density at radius 3 is 2.38 bits per heavy atom. The number of benzene rings is 3. The van der Waals surface area contributed by atoms with Crippen molar-refractivity contribution in [2.45, 2.75) is 26.9 Å². The predicted molar refractivity (Wildman–Crippen MR) is 112 cm³/mol. The maximum atomic E-state index is 13.8. The first-order chi connectivity index (χ1) is 14.0. The summed E-state index contributed by atoms with van der Waals surface area (Å²) in [5.41, 5.74) is 3.99. The average Bonchev–Trinajstić information content (AvgIpc) is 2.73. The van der Waals surface area contributed by atoms with Crippen LogP contribution >= 0.6 is 0 Å². The number of hydrogen-bond donors (Lipinski definition) is 0. The third-order valence-electron chi connectivity index (χ3n) is 5.22. The molecule has 0 saturated carbocycles. The van der Waals surface area contributed by atoms with E-state index in [1.807, 2.05) is 56.3 Å². The number of ether oxygens (including phenoxy) is 1. The summed E-state index contributed by atoms with van der Waals surface area (Å²) in [6, 6.07) is 20.1. The van der Waals surface area contributed by atoms with E-state index in [0.717, 1.165) is 22.1 Å². The fraction of sp³-hybridized carbons (Fsp3) is 0.160. The number of rotatable bonds is 5. The first kappa shape index (κ1) is 18.9. The molecule has 0 N–H and O–H groups in total. The molecule has 0 aliphatic heterocycles. The van der Waals surface area contributed by atoms with E-state index in [-0.39, 0.29) is 18.0 Å². The molecule has 1 heterocycles. The Balaban J connectivity index is 1.69. The van der Waals surface area contributed by atoms with Gasteiger partial charge in [0.1, 0.15) is 23.8 Å². The van der Waals surface area contributed by atoms with Gasteiger partial charge < -0.3 is 9.15 Å². The van der Waals surface area contributed by atoms with Gasteiger partial charge in [-0.25, -0.2) is 9.18 Å². The van der Waals surface area contributed by atoms with Crippen molar-refractivity contribution in [1.29, 1.82) is 0 Å². The Labute approximate surface area is 168 Å². The second-order valence-corrected chi connectivity index (χ2v) is 7.10. The summed E-state index contributed by atoms with van der Waals surface area (Å²) in [4.78, 5) is 12.7. The summed E-state index contributed by atoms with van der Waals surface area (Å²) in [6.45, 7) is 3.89. The van der Waals surface area contributed by atoms with Crippen molar-refractivity contribution >= 4 is 11.0 Å². The minimum atomic E-state index is -0.340. The second-order valence-electron chi connectivity index (χ2n) is 7.10. The van der Waals surface area contributed by atoms with Crippen LogP contribution in [0.5, 0.6) is 5.75 Å². The van der Waals surface area contributed by atoms with Gasteiger partial charge in [0.25, 0.3) is 0 Å². The molecule has 0 atom stereocenters. The van der Waals surface area contributed by atoms with Gasteiger partial charge in [0.2, 0.25) is 0 Å². The third-order valence-corrected chi connectivity index (χ3v) is 5.22. The Morgan fingerprint density at radius 2 is 1.62 bits per heavy atom. The molecular weight excluding hydrogens is 367 g/mol. The highest BCUT2D eigenvalue weighted by Crippen LogP contribution is 2.30. The van der Waals surface area contributed by atoms with Crippen LogP contribution < -0.4 is 10.4 Å². The topological polar surface area (TPSA) is 39.4 Å². The van der Waals surface area contributed by atoms with Gasteiger partial charge in [-0.2, -0.15) is 0 Å². The van der Waals surface area contributed by atoms with E-state index in [9.17, 15) is 9.18 Å². The first-order valence-electron chi connectivity index (χ1n) is 9.50. The molecule has 0 radical (unpaired) electrons. The molecule has 1 aromatic heterocycles. The predicted octanol–water partition coefficient (Wildman–Crippen LogP) is 5.72. The fourth-order valence-electron chi connectivity index (χ4n) is 3.50. The number of fused-ring (bicyclic) bond motifs is 1. The number of halogens is 1. The quantitative estimate of drug-likeness (QED) is 0.411. The Morgan fingerprint density at radius 1 is 0.897 bits per heavy atom. The highest BCUT2D eigenvalue weighted by atomic mass is 19.1. The third kappa shape index (κ3) is 3.79. The van der Waals surface area contributed by atoms with E-state index in [2.05, 4.69) is 0 Å². The van der Waals surface area contributed by atoms with E-state index < -0.39 is 0 Å². The van der Waals surface area contributed by atoms with Crippen molar-refractivity contribution in [2.24, 2.45) is 0 Å². The van der Waals surface area contributed by atoms with Crippen LogP contribution in [0, 0.1) is 19.7 Å². The van der Waals surface area contributed by atoms with Crippen molar-refractivity contribution in [3.8, 4) is 5.75 Å². The summed E-state index contributed by atoms with van der Waals surface area (Å²) in [7, 11) is 0. The molecule has 0 fully saturated rings. The molecule has 4 heteroatoms. The summed E-state index contributed by atoms with van der Waals surface area (Å²) in [5, 5.41) is 0.881. The molecule has 146 valence electrons. The molecule has 0 unspecified atom stereocenters. The Hall–Kier alpha value is -3.40. The second kappa shape index (κ2) is 7.92. The van der Waals surface area contributed by atoms with Gasteiger partial charge in [-0.1, -0.05) is 48.5 Å². The van der Waals surface area contributed by atoms with Crippen LogP contribution in [-0.4, -0.2) is 0 Å². The molecule has 3 aromatic carbocycles. The van der Waals surface area contributed by atoms with Crippen molar-refractivity contribution in [3.63, 3.8) is 0 Å². The van der Waals surface area contributed by atoms with Crippen LogP contribution in [0.2, 0.25) is 0 Å². The zero-order chi connectivity index (χ0) is 20.4. The van der Waals surface area contributed by atoms with E-state index in [1.165, 1.54) is 6.07 Å². The largest absolute Gasteiger partial charge is 0.488 e. The molecule has 0 amide bonds. The smallest absolute Gasteiger partial charge is 0.340 e. The van der Waals surface area contributed by atoms with Crippen molar-refractivity contribution in [2.75, 3.05) is 0 Å². The van der Waals surface area contributed by atoms with Crippen LogP contribution in [-0.2, 0) is 13.0 Å². The fourth-order valence-corrected chi connectivity index (χ4v) is 3.50. The van der Waals surface area contributed by atoms with Crippen LogP contribution in [0.1, 0.15) is 27.8 Å². The highest BCUT2D eigenvalue weighted by Gasteiger charge is 2.16. The van der Waals surface area contributed by atoms with Crippen LogP contribution in [0.25, 0.3) is 11.0 Å². The van der Waals surface area contributed by atoms with E-state index in [4.69, 9.17) is 9.15 Å². The van der Waals surface area contributed by atoms with E-state index in [0.29, 0.717) is 28.9 Å². The van der Waals surface area contributed by atoms with Gasteiger partial charge in [-0.05, 0) is 43.2 Å². The monoisotopic (exact) mass is 388 g/mol. The van der Waals surface area contributed by atoms with Crippen molar-refractivity contribution in [3.05, 3.63) is 111 Å². The maximum Gasteiger partial charge on any atom is 0.340 e. The van der Waals surface area contributed by atoms with Crippen molar-refractivity contribution in [1.82, 2.24) is 0 Å². The van der Waals surface area contributed by atoms with Gasteiger partial charge in [0.05, 0.1) is 0 Å². The zero-order valence-electron chi connectivity index (χ0n) is 16.4. The zero-order valence-corrected chi connectivity index (χ0v) is 16.4. The van der Waals surface area contributed by atoms with Gasteiger partial charge in [-0.3, -0.25) is 0 Å². The molecular formula is C25H21FO3. The molecule has 29 heavy (non-hydrogen) atoms. The molecule has 4 aromatic rings. The molecule has 0 aliphatic carbocycles. The summed E-state index contributed by atoms with van der Waals surface area (Å²) in [6.07, 6.45) is 0.523. The number of aryl methyl sites for hydroxylation is 2. The van der Waals surface area contributed by atoms with Gasteiger partial charge in [0, 0.05) is 28.5 Å². The lowest BCUT2D eigenvalue weighted by atomic mass is 9.98. The lowest BCUT2D eigenvalue weighted by Crippen LogP contribution is -2.11. The lowest BCUT2D eigenvalue weighted by molar-refractivity contribution is 0.297. The molecule has 4 rings (SSSR count). The Kier molecular flexibility index (Phi) is 5.17. The summed E-state index contributed by atoms with van der Waals surface area (Å²) < 4.78 is 25.3. The Bertz CT molecular complexity index is 1230. The molecule has 0 spiro atoms. The van der Waals surface area contributed by atoms with Crippen molar-refractivity contribution < 1.29 is 13.5 Å². The summed E-state index contributed by atoms with van der Waals surface area (Å²) >= 11 is 0. The maximum absolute atomic E-state index is 13.8. The minimum absolute atomic E-state index is 0.105. The van der Waals surface area contributed by atoms with Gasteiger partial charge in [-0.15, -0.1) is 0 Å². The summed E-state index contributed by atoms with van der Waals surface area (Å²) in [5.74, 6) is 0.262. The normalized spacial score (nSPS) is 11.0. The van der Waals surface area contributed by atoms with Crippen LogP contribution in [0.15, 0.2) is 75.9 Å². The standard InChI is InChI=1S/C25H21FO3/c1-16-20-12-13-23(28-15-19-10-6-7-11-22(19)26)17(2)24(20)29-25(27)21(16)14-18-8-4-3-5-9-18/h3-13H,14-15H2,1-2H3. The SMILES string of the molecule is Cc1c(Cc2ccccc2)c(=O)oc2c(C)c(OCc3ccccc3F)ccc12. The van der Waals surface area contributed by atoms with Gasteiger partial charge >= 0.3 is 5.63 Å². The van der Waals surface area contributed by atoms with Gasteiger partial charge in [0.15, 0.2) is 0 Å². The number of hydrogen-bond acceptors (Lipinski definition) is 3. The minimum Gasteiger partial charge on any atom is -0.488 e. The molecule has 0 aliphatic rings. The molecule has 0 saturated heterocycles. The lowest BCUT2D eigenvalue weighted by Gasteiger charge is -2.13. The first-order valence-corrected chi connectivity index (χ1v) is 9.50. The van der Waals surface area contributed by atoms with E-state index in [1.54, 1.807) is 18.2 Å². The average molecular weight is 388 g/mol. The highest BCUT2D eigenvalue weighted by molar-refractivity contribution is 5.85. The van der Waals surface area contributed by atoms with E-state index >= 15 is 0 Å². The molecule has 0 bridgehead atoms. The van der Waals surface area contributed by atoms with Crippen LogP contribution in [0.4, 0.5) is 4.39 Å².